The molecule has 0 heterocycles. The minimum Gasteiger partial charge on any atom is -0.441 e. The van der Waals surface area contributed by atoms with E-state index in [0.717, 1.165) is 11.0 Å². The van der Waals surface area contributed by atoms with Gasteiger partial charge in [0.25, 0.3) is 0 Å². The number of hydrogen-bond acceptors (Lipinski definition) is 0. The van der Waals surface area contributed by atoms with Crippen LogP contribution in [0.4, 0.5) is 0 Å². The topological polar surface area (TPSA) is 22.9 Å². The van der Waals surface area contributed by atoms with Crippen molar-refractivity contribution in [1.82, 2.24) is 0 Å². The summed E-state index contributed by atoms with van der Waals surface area (Å²) in [4.78, 5) is 0. The Morgan fingerprint density at radius 1 is 1.29 bits per heavy atom. The fourth-order valence-corrected chi connectivity index (χ4v) is 0.335. The van der Waals surface area contributed by atoms with Crippen LogP contribution in [-0.2, 0) is 0 Å². The second kappa shape index (κ2) is 2.28. The molecule has 0 aliphatic carbocycles. The molecule has 0 aromatic carbocycles. The molecule has 2 nitrogen and oxygen atoms in total. The Labute approximate surface area is 45.0 Å². The molecule has 2 heteroatoms. The first kappa shape index (κ1) is 6.92. The third-order valence-corrected chi connectivity index (χ3v) is 0.783. The van der Waals surface area contributed by atoms with Crippen molar-refractivity contribution in [2.24, 2.45) is 0 Å². The molecule has 44 valence electrons. The molecule has 0 aliphatic rings. The summed E-state index contributed by atoms with van der Waals surface area (Å²) in [7, 11) is 6.28. The van der Waals surface area contributed by atoms with Crippen LogP contribution in [0.2, 0.25) is 0 Å². The van der Waals surface area contributed by atoms with E-state index in [1.807, 2.05) is 0 Å². The van der Waals surface area contributed by atoms with Crippen molar-refractivity contribution < 1.29 is 9.59 Å². The van der Waals surface area contributed by atoms with Gasteiger partial charge in [-0.2, -0.15) is 0 Å². The fourth-order valence-electron chi connectivity index (χ4n) is 0.335. The zero-order chi connectivity index (χ0) is 5.91. The van der Waals surface area contributed by atoms with Crippen molar-refractivity contribution in [2.45, 2.75) is 0 Å². The number of nitrogens with zero attached hydrogens (tertiary/aromatic N) is 1. The summed E-state index contributed by atoms with van der Waals surface area (Å²) >= 11 is 0. The molecule has 0 bridgehead atoms. The average Bonchev–Trinajstić information content (AvgIpc) is 1.30. The summed E-state index contributed by atoms with van der Waals surface area (Å²) in [5, 5.41) is 6.84. The molecular formula is C5H15NO+2. The van der Waals surface area contributed by atoms with Gasteiger partial charge in [0.05, 0.1) is 21.1 Å². The number of rotatable bonds is 2. The van der Waals surface area contributed by atoms with E-state index in [2.05, 4.69) is 21.1 Å². The van der Waals surface area contributed by atoms with Crippen LogP contribution in [0, 0.1) is 0 Å². The Kier molecular flexibility index (Phi) is 2.26. The molecule has 0 aromatic heterocycles. The van der Waals surface area contributed by atoms with Gasteiger partial charge in [-0.15, -0.1) is 0 Å². The summed E-state index contributed by atoms with van der Waals surface area (Å²) in [5.74, 6) is 0. The molecule has 0 saturated heterocycles. The maximum atomic E-state index is 6.84. The van der Waals surface area contributed by atoms with Crippen molar-refractivity contribution in [3.05, 3.63) is 0 Å². The van der Waals surface area contributed by atoms with Crippen molar-refractivity contribution >= 4 is 0 Å². The van der Waals surface area contributed by atoms with E-state index in [9.17, 15) is 0 Å². The van der Waals surface area contributed by atoms with Crippen LogP contribution in [0.3, 0.4) is 0 Å². The predicted octanol–water partition coefficient (Wildman–Crippen LogP) is -0.583. The van der Waals surface area contributed by atoms with Crippen LogP contribution in [0.5, 0.6) is 0 Å². The fraction of sp³-hybridized carbons (Fsp3) is 1.00. The van der Waals surface area contributed by atoms with Crippen molar-refractivity contribution in [1.29, 1.82) is 0 Å². The first-order valence-electron chi connectivity index (χ1n) is 2.51. The van der Waals surface area contributed by atoms with E-state index in [-0.39, 0.29) is 0 Å². The molecule has 0 radical (unpaired) electrons. The number of hydrogen-bond donors (Lipinski definition) is 0. The number of quaternary nitrogens is 1. The third-order valence-electron chi connectivity index (χ3n) is 0.783. The van der Waals surface area contributed by atoms with Crippen LogP contribution in [0.25, 0.3) is 0 Å². The van der Waals surface area contributed by atoms with Crippen LogP contribution in [-0.4, -0.2) is 43.9 Å². The Balaban J connectivity index is 3.15. The largest absolute Gasteiger partial charge is 0.441 e. The Bertz CT molecular complexity index is 46.5. The highest BCUT2D eigenvalue weighted by Crippen LogP contribution is 1.84. The lowest BCUT2D eigenvalue weighted by atomic mass is 10.5. The van der Waals surface area contributed by atoms with Crippen LogP contribution < -0.4 is 0 Å². The van der Waals surface area contributed by atoms with Gasteiger partial charge in [-0.05, 0) is 0 Å². The second-order valence-electron chi connectivity index (χ2n) is 2.76. The van der Waals surface area contributed by atoms with E-state index < -0.39 is 0 Å². The summed E-state index contributed by atoms with van der Waals surface area (Å²) in [5.41, 5.74) is 0. The standard InChI is InChI=1S/C5H14NO/c1-6(2,3)4-5-7/h7H,4-5H2,1-3H3/q+1/p+1. The molecule has 0 aromatic rings. The molecule has 0 fully saturated rings. The molecule has 0 unspecified atom stereocenters. The van der Waals surface area contributed by atoms with Crippen LogP contribution in [0.15, 0.2) is 0 Å². The van der Waals surface area contributed by atoms with Gasteiger partial charge in [-0.1, -0.05) is 0 Å². The van der Waals surface area contributed by atoms with Gasteiger partial charge in [0.2, 0.25) is 0 Å². The average molecular weight is 105 g/mol. The summed E-state index contributed by atoms with van der Waals surface area (Å²) < 4.78 is 0.906. The molecule has 0 rings (SSSR count). The second-order valence-corrected chi connectivity index (χ2v) is 2.76. The van der Waals surface area contributed by atoms with Crippen LogP contribution in [0.1, 0.15) is 0 Å². The molecule has 0 saturated carbocycles. The Morgan fingerprint density at radius 3 is 1.71 bits per heavy atom. The first-order chi connectivity index (χ1) is 3.06. The zero-order valence-electron chi connectivity index (χ0n) is 5.36. The maximum Gasteiger partial charge on any atom is 0.193 e. The highest BCUT2D eigenvalue weighted by Gasteiger charge is 2.04. The first-order valence-corrected chi connectivity index (χ1v) is 2.51. The van der Waals surface area contributed by atoms with E-state index in [1.165, 1.54) is 0 Å². The third kappa shape index (κ3) is 5.92. The van der Waals surface area contributed by atoms with E-state index in [4.69, 9.17) is 5.11 Å². The minimum atomic E-state index is 0.531. The van der Waals surface area contributed by atoms with Gasteiger partial charge in [0.15, 0.2) is 6.61 Å². The molecule has 0 spiro atoms. The normalized spacial score (nSPS) is 12.0. The van der Waals surface area contributed by atoms with Crippen molar-refractivity contribution in [3.8, 4) is 0 Å². The van der Waals surface area contributed by atoms with Crippen molar-refractivity contribution in [2.75, 3.05) is 34.3 Å². The lowest BCUT2D eigenvalue weighted by Crippen LogP contribution is -2.36. The van der Waals surface area contributed by atoms with Gasteiger partial charge in [-0.25, -0.2) is 0 Å². The lowest BCUT2D eigenvalue weighted by Gasteiger charge is -2.20. The van der Waals surface area contributed by atoms with Crippen LogP contribution >= 0.6 is 0 Å². The molecule has 0 aliphatic heterocycles. The monoisotopic (exact) mass is 105 g/mol. The molecular weight excluding hydrogens is 90.1 g/mol. The number of likely N-dealkylation sites (N-methyl/N-ethyl adjacent to an activating group) is 1. The van der Waals surface area contributed by atoms with E-state index in [0.29, 0.717) is 6.61 Å². The zero-order valence-corrected chi connectivity index (χ0v) is 5.36. The maximum absolute atomic E-state index is 6.84. The van der Waals surface area contributed by atoms with Crippen molar-refractivity contribution in [3.63, 3.8) is 0 Å². The molecule has 2 N–H and O–H groups in total. The minimum absolute atomic E-state index is 0.531. The highest BCUT2D eigenvalue weighted by molar-refractivity contribution is 4.19. The smallest absolute Gasteiger partial charge is 0.193 e. The van der Waals surface area contributed by atoms with Gasteiger partial charge in [-0.3, -0.25) is 0 Å². The SMILES string of the molecule is C[N+](C)(C)CC[OH2+]. The molecule has 7 heavy (non-hydrogen) atoms. The molecule has 0 atom stereocenters. The summed E-state index contributed by atoms with van der Waals surface area (Å²) in [6.45, 7) is 1.48. The van der Waals surface area contributed by atoms with Gasteiger partial charge in [0.1, 0.15) is 6.54 Å². The van der Waals surface area contributed by atoms with E-state index in [1.54, 1.807) is 0 Å². The Morgan fingerprint density at radius 2 is 1.71 bits per heavy atom. The summed E-state index contributed by atoms with van der Waals surface area (Å²) in [6.07, 6.45) is 0. The quantitative estimate of drug-likeness (QED) is 0.331. The highest BCUT2D eigenvalue weighted by atomic mass is 16.3. The van der Waals surface area contributed by atoms with Gasteiger partial charge >= 0.3 is 0 Å². The predicted molar refractivity (Wildman–Crippen MR) is 31.4 cm³/mol. The van der Waals surface area contributed by atoms with E-state index >= 15 is 0 Å². The van der Waals surface area contributed by atoms with Gasteiger partial charge in [0, 0.05) is 0 Å². The summed E-state index contributed by atoms with van der Waals surface area (Å²) in [6, 6.07) is 0. The molecule has 0 amide bonds. The lowest BCUT2D eigenvalue weighted by molar-refractivity contribution is -0.870. The van der Waals surface area contributed by atoms with Gasteiger partial charge < -0.3 is 9.59 Å². The Hall–Kier alpha value is -0.0800.